The summed E-state index contributed by atoms with van der Waals surface area (Å²) in [5, 5.41) is 3.57. The maximum atomic E-state index is 10.4. The molecule has 0 atom stereocenters. The summed E-state index contributed by atoms with van der Waals surface area (Å²) >= 11 is 0. The Morgan fingerprint density at radius 2 is 0.650 bits per heavy atom. The van der Waals surface area contributed by atoms with Gasteiger partial charge in [0.1, 0.15) is 11.5 Å². The van der Waals surface area contributed by atoms with Crippen LogP contribution in [0.5, 0.6) is 23.0 Å². The Morgan fingerprint density at radius 3 is 0.971 bits per heavy atom. The average molecular weight is 2050 g/mol. The van der Waals surface area contributed by atoms with Crippen molar-refractivity contribution in [1.29, 1.82) is 0 Å². The van der Waals surface area contributed by atoms with E-state index in [1.165, 1.54) is 16.7 Å². The number of aryl methyl sites for hydroxylation is 1. The van der Waals surface area contributed by atoms with Gasteiger partial charge < -0.3 is 57.8 Å². The maximum Gasteiger partial charge on any atom is 2.00 e. The first-order chi connectivity index (χ1) is 61.8. The van der Waals surface area contributed by atoms with Crippen LogP contribution in [0.2, 0.25) is 0 Å². The number of ether oxygens (including phenoxy) is 3. The number of hydrogen-bond acceptors (Lipinski definition) is 27. The van der Waals surface area contributed by atoms with Crippen molar-refractivity contribution in [2.24, 2.45) is 0 Å². The molecule has 1 radical (unpaired) electrons. The van der Waals surface area contributed by atoms with Crippen LogP contribution in [0.25, 0.3) is 109 Å². The standard InChI is InChI=1S/C32H16N8.C21H26O2.C18H16N2O.C12H12N2O3S.C9H20O6S2.Cu.Li.4Na.3O3S/c1-2-10-18-17(9-1)25-33-26(18)38-28-21-13-5-6-14-22(21)30(35-28)40-32-24-16-8-7-15-23(24)31(36-32)39-29-20-12-4-3-11-19(20)27(34-29)37-25;1-20(2,3)16-9-7-11-18(13-16)22-15-23-19-12-8-10-17(14-19)21(4,5)6;1-18(2,3)13-7-6-8-14(11-13)21-15-9-10-16(19-4)17(12-15)20-5;1-13-11-7-6-10(9-12(11)14-2)5-3-4-8-18(15,16)17;10-16(11,12)8-6-4-2-1-3-5-7-9-17(13,14)15;;;;;;;3*1-4(2)3/h1-16H;7-10,13-14H,15H2,1-6H3;6-12H,1-3H3;6-7,9H,3-5,8H2,(H,15,16,17);1-9H2,(H,10,11,12)(H,13,14,15);;;;;;;;;/q2*-2;;;;+2;5*+1;;;/p-3. The molecule has 693 valence electrons. The number of aromatic nitrogens is 8. The van der Waals surface area contributed by atoms with Gasteiger partial charge in [-0.05, 0) is 99.7 Å². The maximum absolute atomic E-state index is 10.4. The molecule has 9 aromatic carbocycles. The van der Waals surface area contributed by atoms with Crippen LogP contribution < -0.4 is 161 Å². The predicted molar refractivity (Wildman–Crippen MR) is 489 cm³/mol. The minimum Gasteiger partial charge on any atom is -0.748 e. The summed E-state index contributed by atoms with van der Waals surface area (Å²) in [7, 11) is -21.7. The quantitative estimate of drug-likeness (QED) is 0.0328. The number of unbranched alkanes of at least 4 members (excludes halogenated alkanes) is 7. The van der Waals surface area contributed by atoms with Gasteiger partial charge in [-0.15, -0.1) is 73.3 Å². The van der Waals surface area contributed by atoms with E-state index in [2.05, 4.69) is 112 Å². The van der Waals surface area contributed by atoms with Crippen molar-refractivity contribution in [1.82, 2.24) is 39.9 Å². The molecule has 8 bridgehead atoms. The van der Waals surface area contributed by atoms with Crippen LogP contribution >= 0.6 is 0 Å². The molecule has 0 saturated heterocycles. The van der Waals surface area contributed by atoms with Crippen LogP contribution in [-0.2, 0) is 102 Å². The fraction of sp³-hybridized carbons (Fsp3) is 0.283. The number of benzene rings is 9. The summed E-state index contributed by atoms with van der Waals surface area (Å²) in [4.78, 5) is 52.4. The minimum absolute atomic E-state index is 0. The minimum atomic E-state index is -4.14. The van der Waals surface area contributed by atoms with Gasteiger partial charge in [-0.2, -0.15) is 24.3 Å². The first kappa shape index (κ1) is 126. The molecule has 0 N–H and O–H groups in total. The molecule has 0 unspecified atom stereocenters. The molecule has 5 heterocycles. The van der Waals surface area contributed by atoms with Crippen molar-refractivity contribution < 1.29 is 245 Å². The van der Waals surface area contributed by atoms with E-state index in [1.807, 2.05) is 140 Å². The van der Waals surface area contributed by atoms with E-state index in [9.17, 15) is 38.9 Å². The van der Waals surface area contributed by atoms with E-state index < -0.39 is 62.2 Å². The molecule has 0 spiro atoms. The molecule has 0 amide bonds. The van der Waals surface area contributed by atoms with Crippen LogP contribution in [-0.4, -0.2) is 131 Å². The molecule has 45 heteroatoms. The zero-order chi connectivity index (χ0) is 96.4. The summed E-state index contributed by atoms with van der Waals surface area (Å²) in [6, 6.07) is 67.7. The zero-order valence-corrected chi connectivity index (χ0v) is 91.4. The fourth-order valence-corrected chi connectivity index (χ4v) is 14.1. The number of nitrogens with zero attached hydrogens (tertiary/aromatic N) is 12. The number of hydrogen-bond donors (Lipinski definition) is 0. The average Bonchev–Trinajstić information content (AvgIpc) is 1.60. The Morgan fingerprint density at radius 1 is 0.358 bits per heavy atom. The first-order valence-corrected chi connectivity index (χ1v) is 47.5. The summed E-state index contributed by atoms with van der Waals surface area (Å²) in [5.41, 5.74) is 11.8. The molecule has 12 aromatic rings. The zero-order valence-electron chi connectivity index (χ0n) is 77.6. The molecule has 33 nitrogen and oxygen atoms in total. The van der Waals surface area contributed by atoms with E-state index in [0.29, 0.717) is 131 Å². The summed E-state index contributed by atoms with van der Waals surface area (Å²) < 4.78 is 186. The third-order valence-electron chi connectivity index (χ3n) is 18.8. The number of fused-ring (bicyclic) bond motifs is 20. The topological polar surface area (TPSA) is 476 Å². The van der Waals surface area contributed by atoms with Gasteiger partial charge >= 0.3 is 186 Å². The van der Waals surface area contributed by atoms with Gasteiger partial charge in [-0.1, -0.05) is 233 Å². The SMILES string of the molecule is CC(C)(C)c1cc[c-]c(OCOc2[c-]ccc(C(C)(C)C)c2)c1.O=S(=O)([O-])CCCCCCCCCS(=O)(=O)[O-].O=S(=O)=O.O=S(=O)=O.O=S(=O)=O.[C-]#[N+]c1ccc(CCCCS(=O)(=O)[O-])cc1[N+]#[C-].[C-]#[N+]c1ccc(Oc2cccc(C(C)(C)C)c2)cc1[N+]#[C-].[Cu+2].[Li+].[Na+].[Na+].[Na+].[Na+].c1ccc2c(c1)-c1nc-2nc2[n-]c(nc3nc(nc4[n-]c(n1)c1ccccc41)-c1ccccc1-3)c1ccccc21. The Kier molecular flexibility index (Phi) is 55.8. The molecule has 2 aliphatic rings. The molecule has 0 aliphatic carbocycles. The second-order valence-electron chi connectivity index (χ2n) is 31.6. The normalized spacial score (nSPS) is 10.7. The molecular formula is C92H87CuLiN12Na4O21S6. The molecule has 0 fully saturated rings. The van der Waals surface area contributed by atoms with Crippen LogP contribution in [0, 0.1) is 38.4 Å². The van der Waals surface area contributed by atoms with Crippen LogP contribution in [0.3, 0.4) is 0 Å². The Bertz CT molecular complexity index is 6740. The van der Waals surface area contributed by atoms with E-state index in [1.54, 1.807) is 36.4 Å². The molecule has 0 saturated carbocycles. The third kappa shape index (κ3) is 44.0. The van der Waals surface area contributed by atoms with Crippen molar-refractivity contribution in [3.8, 4) is 68.5 Å². The largest absolute Gasteiger partial charge is 2.00 e. The van der Waals surface area contributed by atoms with Gasteiger partial charge in [0.15, 0.2) is 22.7 Å². The second-order valence-corrected chi connectivity index (χ2v) is 37.4. The van der Waals surface area contributed by atoms with Crippen LogP contribution in [0.1, 0.15) is 142 Å². The van der Waals surface area contributed by atoms with Gasteiger partial charge in [-0.25, -0.2) is 40.1 Å². The van der Waals surface area contributed by atoms with Crippen molar-refractivity contribution in [2.45, 2.75) is 143 Å². The van der Waals surface area contributed by atoms with Crippen molar-refractivity contribution >= 4 is 129 Å². The van der Waals surface area contributed by atoms with Gasteiger partial charge in [0.2, 0.25) is 6.79 Å². The van der Waals surface area contributed by atoms with Crippen molar-refractivity contribution in [2.75, 3.05) is 24.1 Å². The summed E-state index contributed by atoms with van der Waals surface area (Å²) in [6.45, 7) is 47.6. The van der Waals surface area contributed by atoms with E-state index in [4.69, 9.17) is 118 Å². The van der Waals surface area contributed by atoms with E-state index in [-0.39, 0.29) is 194 Å². The van der Waals surface area contributed by atoms with Crippen molar-refractivity contribution in [3.63, 3.8) is 0 Å². The Balaban J connectivity index is 0.000000854. The van der Waals surface area contributed by atoms with Gasteiger partial charge in [0.25, 0.3) is 0 Å². The number of rotatable bonds is 21. The molecule has 3 aromatic heterocycles. The Hall–Kier alpha value is -8.59. The molecule has 137 heavy (non-hydrogen) atoms. The van der Waals surface area contributed by atoms with Gasteiger partial charge in [0, 0.05) is 73.6 Å². The summed E-state index contributed by atoms with van der Waals surface area (Å²) in [6.07, 6.45) is 6.08. The first-order valence-electron chi connectivity index (χ1n) is 39.8. The molecular weight excluding hydrogens is 1960 g/mol. The summed E-state index contributed by atoms with van der Waals surface area (Å²) in [5.74, 6) is 3.91. The monoisotopic (exact) mass is 2050 g/mol. The molecule has 2 aliphatic heterocycles. The van der Waals surface area contributed by atoms with E-state index >= 15 is 0 Å². The Labute approximate surface area is 912 Å². The van der Waals surface area contributed by atoms with Crippen molar-refractivity contribution in [3.05, 3.63) is 274 Å². The van der Waals surface area contributed by atoms with Crippen LogP contribution in [0.15, 0.2) is 194 Å². The smallest absolute Gasteiger partial charge is 0.748 e. The van der Waals surface area contributed by atoms with Gasteiger partial charge in [-0.3, -0.25) is 14.5 Å². The second kappa shape index (κ2) is 60.5. The predicted octanol–water partition coefficient (Wildman–Crippen LogP) is 2.77. The van der Waals surface area contributed by atoms with Gasteiger partial charge in [0.05, 0.1) is 79.9 Å². The van der Waals surface area contributed by atoms with E-state index in [0.717, 1.165) is 74.4 Å². The fourth-order valence-electron chi connectivity index (χ4n) is 12.5. The molecule has 14 rings (SSSR count). The van der Waals surface area contributed by atoms with Crippen LogP contribution in [0.4, 0.5) is 22.7 Å². The third-order valence-corrected chi connectivity index (χ3v) is 21.2.